The van der Waals surface area contributed by atoms with Gasteiger partial charge in [-0.25, -0.2) is 0 Å². The summed E-state index contributed by atoms with van der Waals surface area (Å²) in [7, 11) is 0. The van der Waals surface area contributed by atoms with Crippen LogP contribution in [0.2, 0.25) is 0 Å². The highest BCUT2D eigenvalue weighted by Crippen LogP contribution is 2.30. The monoisotopic (exact) mass is 268 g/mol. The minimum atomic E-state index is -0.0364. The minimum Gasteiger partial charge on any atom is -0.326 e. The van der Waals surface area contributed by atoms with Crippen molar-refractivity contribution in [1.29, 1.82) is 0 Å². The van der Waals surface area contributed by atoms with Gasteiger partial charge in [-0.1, -0.05) is 6.07 Å². The lowest BCUT2D eigenvalue weighted by Gasteiger charge is -2.18. The zero-order chi connectivity index (χ0) is 11.0. The Balaban J connectivity index is 2.34. The number of nitrogens with two attached hydrogens (primary N) is 1. The largest absolute Gasteiger partial charge is 0.326 e. The van der Waals surface area contributed by atoms with Gasteiger partial charge in [-0.2, -0.15) is 0 Å². The van der Waals surface area contributed by atoms with Crippen LogP contribution in [0.3, 0.4) is 0 Å². The fourth-order valence-corrected chi connectivity index (χ4v) is 2.51. The van der Waals surface area contributed by atoms with E-state index in [0.717, 1.165) is 10.2 Å². The fourth-order valence-electron chi connectivity index (χ4n) is 1.80. The van der Waals surface area contributed by atoms with Crippen molar-refractivity contribution >= 4 is 27.5 Å². The van der Waals surface area contributed by atoms with E-state index < -0.39 is 0 Å². The molecule has 1 amide bonds. The second kappa shape index (κ2) is 3.94. The third kappa shape index (κ3) is 2.06. The molecule has 0 aromatic heterocycles. The van der Waals surface area contributed by atoms with Crippen LogP contribution in [0.15, 0.2) is 22.7 Å². The van der Waals surface area contributed by atoms with Crippen LogP contribution in [0.5, 0.6) is 0 Å². The summed E-state index contributed by atoms with van der Waals surface area (Å²) in [5.74, 6) is 0.104. The van der Waals surface area contributed by atoms with E-state index in [0.29, 0.717) is 13.0 Å². The molecule has 0 bridgehead atoms. The van der Waals surface area contributed by atoms with E-state index in [-0.39, 0.29) is 11.9 Å². The van der Waals surface area contributed by atoms with E-state index in [1.165, 1.54) is 5.56 Å². The number of amides is 1. The Labute approximate surface area is 97.4 Å². The molecule has 0 spiro atoms. The van der Waals surface area contributed by atoms with Gasteiger partial charge in [-0.3, -0.25) is 4.79 Å². The van der Waals surface area contributed by atoms with Gasteiger partial charge < -0.3 is 10.6 Å². The Kier molecular flexibility index (Phi) is 2.80. The SMILES string of the molecule is Cc1ccc(N2CC(N)CC2=O)c(Br)c1. The Bertz CT molecular complexity index is 406. The maximum absolute atomic E-state index is 11.6. The summed E-state index contributed by atoms with van der Waals surface area (Å²) in [6.07, 6.45) is 0.445. The van der Waals surface area contributed by atoms with Crippen molar-refractivity contribution in [2.75, 3.05) is 11.4 Å². The second-order valence-corrected chi connectivity index (χ2v) is 4.78. The average molecular weight is 269 g/mol. The van der Waals surface area contributed by atoms with E-state index >= 15 is 0 Å². The second-order valence-electron chi connectivity index (χ2n) is 3.92. The molecule has 2 N–H and O–H groups in total. The molecule has 4 heteroatoms. The molecule has 1 heterocycles. The highest BCUT2D eigenvalue weighted by Gasteiger charge is 2.28. The summed E-state index contributed by atoms with van der Waals surface area (Å²) in [6.45, 7) is 2.63. The summed E-state index contributed by atoms with van der Waals surface area (Å²) in [5, 5.41) is 0. The first-order valence-electron chi connectivity index (χ1n) is 4.90. The van der Waals surface area contributed by atoms with Crippen LogP contribution < -0.4 is 10.6 Å². The molecular weight excluding hydrogens is 256 g/mol. The van der Waals surface area contributed by atoms with Crippen molar-refractivity contribution in [2.45, 2.75) is 19.4 Å². The van der Waals surface area contributed by atoms with Gasteiger partial charge in [0.15, 0.2) is 0 Å². The minimum absolute atomic E-state index is 0.0364. The first kappa shape index (κ1) is 10.6. The average Bonchev–Trinajstić information content (AvgIpc) is 2.45. The van der Waals surface area contributed by atoms with Gasteiger partial charge in [0.25, 0.3) is 0 Å². The van der Waals surface area contributed by atoms with Gasteiger partial charge in [0.2, 0.25) is 5.91 Å². The molecule has 15 heavy (non-hydrogen) atoms. The molecule has 1 saturated heterocycles. The van der Waals surface area contributed by atoms with Crippen LogP contribution in [0, 0.1) is 6.92 Å². The number of rotatable bonds is 1. The lowest BCUT2D eigenvalue weighted by atomic mass is 10.2. The quantitative estimate of drug-likeness (QED) is 0.845. The third-order valence-electron chi connectivity index (χ3n) is 2.55. The highest BCUT2D eigenvalue weighted by atomic mass is 79.9. The van der Waals surface area contributed by atoms with Crippen LogP contribution in [-0.4, -0.2) is 18.5 Å². The smallest absolute Gasteiger partial charge is 0.228 e. The predicted molar refractivity (Wildman–Crippen MR) is 63.8 cm³/mol. The van der Waals surface area contributed by atoms with E-state index in [1.54, 1.807) is 4.90 Å². The standard InChI is InChI=1S/C11H13BrN2O/c1-7-2-3-10(9(12)4-7)14-6-8(13)5-11(14)15/h2-4,8H,5-6,13H2,1H3. The number of benzene rings is 1. The Morgan fingerprint density at radius 2 is 2.27 bits per heavy atom. The van der Waals surface area contributed by atoms with Crippen LogP contribution >= 0.6 is 15.9 Å². The Morgan fingerprint density at radius 1 is 1.53 bits per heavy atom. The van der Waals surface area contributed by atoms with Gasteiger partial charge in [0.05, 0.1) is 5.69 Å². The predicted octanol–water partition coefficient (Wildman–Crippen LogP) is 1.82. The van der Waals surface area contributed by atoms with Crippen LogP contribution in [-0.2, 0) is 4.79 Å². The number of carbonyl (C=O) groups excluding carboxylic acids is 1. The first-order valence-corrected chi connectivity index (χ1v) is 5.69. The van der Waals surface area contributed by atoms with Crippen molar-refractivity contribution in [3.63, 3.8) is 0 Å². The topological polar surface area (TPSA) is 46.3 Å². The van der Waals surface area contributed by atoms with Gasteiger partial charge in [-0.15, -0.1) is 0 Å². The molecule has 1 fully saturated rings. The molecule has 2 rings (SSSR count). The van der Waals surface area contributed by atoms with E-state index in [4.69, 9.17) is 5.73 Å². The van der Waals surface area contributed by atoms with Gasteiger partial charge in [0, 0.05) is 23.5 Å². The van der Waals surface area contributed by atoms with Crippen LogP contribution in [0.25, 0.3) is 0 Å². The number of hydrogen-bond acceptors (Lipinski definition) is 2. The number of carbonyl (C=O) groups is 1. The van der Waals surface area contributed by atoms with Gasteiger partial charge in [-0.05, 0) is 40.5 Å². The molecule has 0 aliphatic carbocycles. The number of halogens is 1. The Hall–Kier alpha value is -0.870. The molecule has 1 aliphatic rings. The molecular formula is C11H13BrN2O. The van der Waals surface area contributed by atoms with Crippen molar-refractivity contribution in [1.82, 2.24) is 0 Å². The van der Waals surface area contributed by atoms with Crippen LogP contribution in [0.1, 0.15) is 12.0 Å². The summed E-state index contributed by atoms with van der Waals surface area (Å²) in [6, 6.07) is 5.92. The molecule has 1 atom stereocenters. The van der Waals surface area contributed by atoms with Crippen molar-refractivity contribution in [3.05, 3.63) is 28.2 Å². The summed E-state index contributed by atoms with van der Waals surface area (Å²) in [5.41, 5.74) is 7.84. The molecule has 1 aromatic rings. The van der Waals surface area contributed by atoms with E-state index in [1.807, 2.05) is 25.1 Å². The lowest BCUT2D eigenvalue weighted by Crippen LogP contribution is -2.28. The lowest BCUT2D eigenvalue weighted by molar-refractivity contribution is -0.117. The normalized spacial score (nSPS) is 21.1. The zero-order valence-corrected chi connectivity index (χ0v) is 10.1. The maximum Gasteiger partial charge on any atom is 0.228 e. The fraction of sp³-hybridized carbons (Fsp3) is 0.364. The molecule has 1 aromatic carbocycles. The first-order chi connectivity index (χ1) is 7.08. The van der Waals surface area contributed by atoms with Gasteiger partial charge in [0.1, 0.15) is 0 Å². The summed E-state index contributed by atoms with van der Waals surface area (Å²) >= 11 is 3.47. The molecule has 3 nitrogen and oxygen atoms in total. The van der Waals surface area contributed by atoms with Crippen LogP contribution in [0.4, 0.5) is 5.69 Å². The van der Waals surface area contributed by atoms with E-state index in [9.17, 15) is 4.79 Å². The maximum atomic E-state index is 11.6. The zero-order valence-electron chi connectivity index (χ0n) is 8.53. The van der Waals surface area contributed by atoms with Crippen molar-refractivity contribution < 1.29 is 4.79 Å². The highest BCUT2D eigenvalue weighted by molar-refractivity contribution is 9.10. The number of hydrogen-bond donors (Lipinski definition) is 1. The molecule has 80 valence electrons. The Morgan fingerprint density at radius 3 is 2.80 bits per heavy atom. The molecule has 1 aliphatic heterocycles. The summed E-state index contributed by atoms with van der Waals surface area (Å²) in [4.78, 5) is 13.4. The third-order valence-corrected chi connectivity index (χ3v) is 3.18. The number of aryl methyl sites for hydroxylation is 1. The number of anilines is 1. The summed E-state index contributed by atoms with van der Waals surface area (Å²) < 4.78 is 0.949. The molecule has 1 unspecified atom stereocenters. The molecule has 0 radical (unpaired) electrons. The van der Waals surface area contributed by atoms with Gasteiger partial charge >= 0.3 is 0 Å². The van der Waals surface area contributed by atoms with Crippen molar-refractivity contribution in [2.24, 2.45) is 5.73 Å². The molecule has 0 saturated carbocycles. The van der Waals surface area contributed by atoms with Crippen molar-refractivity contribution in [3.8, 4) is 0 Å². The van der Waals surface area contributed by atoms with E-state index in [2.05, 4.69) is 15.9 Å². The number of nitrogens with zero attached hydrogens (tertiary/aromatic N) is 1.